The van der Waals surface area contributed by atoms with E-state index in [-0.39, 0.29) is 11.7 Å². The number of nitrogens with one attached hydrogen (secondary N) is 1. The predicted octanol–water partition coefficient (Wildman–Crippen LogP) is 3.43. The third-order valence-electron chi connectivity index (χ3n) is 2.50. The van der Waals surface area contributed by atoms with Crippen molar-refractivity contribution < 1.29 is 9.18 Å². The molecule has 1 aromatic rings. The second kappa shape index (κ2) is 6.74. The summed E-state index contributed by atoms with van der Waals surface area (Å²) in [5.41, 5.74) is 1.20. The third kappa shape index (κ3) is 4.86. The molecule has 0 saturated carbocycles. The van der Waals surface area contributed by atoms with E-state index in [1.807, 2.05) is 0 Å². The summed E-state index contributed by atoms with van der Waals surface area (Å²) in [5.74, 6) is -0.447. The zero-order valence-corrected chi connectivity index (χ0v) is 11.7. The molecule has 1 amide bonds. The summed E-state index contributed by atoms with van der Waals surface area (Å²) in [6, 6.07) is 4.20. The average molecular weight is 302 g/mol. The molecule has 0 radical (unpaired) electrons. The van der Waals surface area contributed by atoms with Gasteiger partial charge in [-0.15, -0.1) is 0 Å². The van der Waals surface area contributed by atoms with Crippen LogP contribution in [0, 0.1) is 12.7 Å². The summed E-state index contributed by atoms with van der Waals surface area (Å²) in [6.07, 6.45) is 1.95. The van der Waals surface area contributed by atoms with Crippen LogP contribution in [0.25, 0.3) is 0 Å². The van der Waals surface area contributed by atoms with E-state index in [9.17, 15) is 9.18 Å². The van der Waals surface area contributed by atoms with Crippen LogP contribution in [0.2, 0.25) is 0 Å². The lowest BCUT2D eigenvalue weighted by molar-refractivity contribution is 0.0952. The van der Waals surface area contributed by atoms with E-state index in [4.69, 9.17) is 0 Å². The van der Waals surface area contributed by atoms with E-state index in [0.29, 0.717) is 22.5 Å². The van der Waals surface area contributed by atoms with Gasteiger partial charge in [-0.2, -0.15) is 0 Å². The van der Waals surface area contributed by atoms with Gasteiger partial charge in [0.15, 0.2) is 0 Å². The number of benzene rings is 1. The highest BCUT2D eigenvalue weighted by molar-refractivity contribution is 9.09. The summed E-state index contributed by atoms with van der Waals surface area (Å²) in [6.45, 7) is 4.45. The van der Waals surface area contributed by atoms with Gasteiger partial charge in [0.05, 0.1) is 0 Å². The Hall–Kier alpha value is -0.900. The van der Waals surface area contributed by atoms with E-state index in [1.165, 1.54) is 18.2 Å². The van der Waals surface area contributed by atoms with Crippen molar-refractivity contribution in [2.45, 2.75) is 31.5 Å². The molecule has 17 heavy (non-hydrogen) atoms. The minimum Gasteiger partial charge on any atom is -0.352 e. The number of rotatable bonds is 5. The van der Waals surface area contributed by atoms with Gasteiger partial charge in [-0.25, -0.2) is 4.39 Å². The fraction of sp³-hybridized carbons (Fsp3) is 0.462. The van der Waals surface area contributed by atoms with Crippen molar-refractivity contribution in [2.24, 2.45) is 0 Å². The third-order valence-corrected chi connectivity index (χ3v) is 2.96. The number of carbonyl (C=O) groups excluding carboxylic acids is 1. The summed E-state index contributed by atoms with van der Waals surface area (Å²) >= 11 is 3.45. The van der Waals surface area contributed by atoms with Crippen molar-refractivity contribution in [3.8, 4) is 0 Å². The fourth-order valence-electron chi connectivity index (χ4n) is 1.56. The van der Waals surface area contributed by atoms with Crippen LogP contribution in [0.4, 0.5) is 4.39 Å². The number of amides is 1. The maximum Gasteiger partial charge on any atom is 0.251 e. The molecule has 0 spiro atoms. The first-order valence-electron chi connectivity index (χ1n) is 5.69. The number of hydrogen-bond acceptors (Lipinski definition) is 1. The number of halogens is 2. The number of hydrogen-bond donors (Lipinski definition) is 1. The van der Waals surface area contributed by atoms with Crippen LogP contribution in [0.1, 0.15) is 35.7 Å². The average Bonchev–Trinajstić information content (AvgIpc) is 2.23. The van der Waals surface area contributed by atoms with Gasteiger partial charge in [0.25, 0.3) is 5.91 Å². The molecule has 1 rings (SSSR count). The fourth-order valence-corrected chi connectivity index (χ4v) is 1.89. The standard InChI is InChI=1S/C13H17BrFNO/c1-9-8-11(15)5-6-12(9)13(17)16-7-3-4-10(2)14/h5-6,8,10H,3-4,7H2,1-2H3,(H,16,17). The molecule has 0 fully saturated rings. The minimum atomic E-state index is -0.313. The molecule has 0 bridgehead atoms. The van der Waals surface area contributed by atoms with Crippen molar-refractivity contribution in [3.63, 3.8) is 0 Å². The van der Waals surface area contributed by atoms with Gasteiger partial charge in [-0.1, -0.05) is 22.9 Å². The molecule has 0 heterocycles. The lowest BCUT2D eigenvalue weighted by atomic mass is 10.1. The Balaban J connectivity index is 2.47. The molecule has 0 aliphatic heterocycles. The van der Waals surface area contributed by atoms with Crippen molar-refractivity contribution >= 4 is 21.8 Å². The Bertz CT molecular complexity index is 393. The SMILES string of the molecule is Cc1cc(F)ccc1C(=O)NCCCC(C)Br. The van der Waals surface area contributed by atoms with Gasteiger partial charge in [0.1, 0.15) is 5.82 Å². The molecule has 2 nitrogen and oxygen atoms in total. The Morgan fingerprint density at radius 2 is 2.24 bits per heavy atom. The first-order chi connectivity index (χ1) is 8.00. The summed E-state index contributed by atoms with van der Waals surface area (Å²) in [5, 5.41) is 2.83. The quantitative estimate of drug-likeness (QED) is 0.655. The van der Waals surface area contributed by atoms with E-state index < -0.39 is 0 Å². The predicted molar refractivity (Wildman–Crippen MR) is 71.1 cm³/mol. The van der Waals surface area contributed by atoms with Gasteiger partial charge in [0.2, 0.25) is 0 Å². The molecule has 1 atom stereocenters. The van der Waals surface area contributed by atoms with Crippen LogP contribution < -0.4 is 5.32 Å². The number of alkyl halides is 1. The highest BCUT2D eigenvalue weighted by Crippen LogP contribution is 2.10. The van der Waals surface area contributed by atoms with Gasteiger partial charge < -0.3 is 5.32 Å². The molecule has 1 N–H and O–H groups in total. The van der Waals surface area contributed by atoms with Gasteiger partial charge >= 0.3 is 0 Å². The molecule has 94 valence electrons. The van der Waals surface area contributed by atoms with Crippen molar-refractivity contribution in [1.82, 2.24) is 5.32 Å². The zero-order chi connectivity index (χ0) is 12.8. The van der Waals surface area contributed by atoms with Gasteiger partial charge in [-0.3, -0.25) is 4.79 Å². The Labute approximate surface area is 110 Å². The lowest BCUT2D eigenvalue weighted by Gasteiger charge is -2.08. The first-order valence-corrected chi connectivity index (χ1v) is 6.60. The minimum absolute atomic E-state index is 0.135. The van der Waals surface area contributed by atoms with E-state index in [1.54, 1.807) is 6.92 Å². The molecule has 0 saturated heterocycles. The molecule has 1 unspecified atom stereocenters. The zero-order valence-electron chi connectivity index (χ0n) is 10.1. The molecule has 1 aromatic carbocycles. The topological polar surface area (TPSA) is 29.1 Å². The second-order valence-electron chi connectivity index (χ2n) is 4.14. The van der Waals surface area contributed by atoms with Crippen molar-refractivity contribution in [1.29, 1.82) is 0 Å². The van der Waals surface area contributed by atoms with Gasteiger partial charge in [0, 0.05) is 16.9 Å². The first kappa shape index (κ1) is 14.2. The van der Waals surface area contributed by atoms with Crippen molar-refractivity contribution in [2.75, 3.05) is 6.54 Å². The molecular weight excluding hydrogens is 285 g/mol. The van der Waals surface area contributed by atoms with Crippen LogP contribution in [-0.2, 0) is 0 Å². The smallest absolute Gasteiger partial charge is 0.251 e. The van der Waals surface area contributed by atoms with Gasteiger partial charge in [-0.05, 0) is 43.5 Å². The lowest BCUT2D eigenvalue weighted by Crippen LogP contribution is -2.25. The van der Waals surface area contributed by atoms with Crippen LogP contribution in [0.15, 0.2) is 18.2 Å². The molecule has 4 heteroatoms. The Morgan fingerprint density at radius 1 is 1.53 bits per heavy atom. The highest BCUT2D eigenvalue weighted by Gasteiger charge is 2.08. The maximum atomic E-state index is 12.9. The summed E-state index contributed by atoms with van der Waals surface area (Å²) in [7, 11) is 0. The highest BCUT2D eigenvalue weighted by atomic mass is 79.9. The Kier molecular flexibility index (Phi) is 5.62. The van der Waals surface area contributed by atoms with Crippen molar-refractivity contribution in [3.05, 3.63) is 35.1 Å². The van der Waals surface area contributed by atoms with E-state index >= 15 is 0 Å². The molecular formula is C13H17BrFNO. The normalized spacial score (nSPS) is 12.2. The summed E-state index contributed by atoms with van der Waals surface area (Å²) < 4.78 is 12.9. The van der Waals surface area contributed by atoms with E-state index in [2.05, 4.69) is 28.2 Å². The number of carbonyl (C=O) groups is 1. The van der Waals surface area contributed by atoms with Crippen LogP contribution in [0.5, 0.6) is 0 Å². The Morgan fingerprint density at radius 3 is 2.82 bits per heavy atom. The monoisotopic (exact) mass is 301 g/mol. The van der Waals surface area contributed by atoms with Crippen LogP contribution >= 0.6 is 15.9 Å². The van der Waals surface area contributed by atoms with Crippen LogP contribution in [-0.4, -0.2) is 17.3 Å². The van der Waals surface area contributed by atoms with Crippen LogP contribution in [0.3, 0.4) is 0 Å². The molecule has 0 aliphatic rings. The largest absolute Gasteiger partial charge is 0.352 e. The second-order valence-corrected chi connectivity index (χ2v) is 5.70. The van der Waals surface area contributed by atoms with E-state index in [0.717, 1.165) is 12.8 Å². The number of aryl methyl sites for hydroxylation is 1. The maximum absolute atomic E-state index is 12.9. The molecule has 0 aliphatic carbocycles. The summed E-state index contributed by atoms with van der Waals surface area (Å²) in [4.78, 5) is 12.2. The molecule has 0 aromatic heterocycles.